The van der Waals surface area contributed by atoms with Crippen molar-refractivity contribution in [1.82, 2.24) is 14.8 Å². The molecule has 2 fully saturated rings. The average Bonchev–Trinajstić information content (AvgIpc) is 3.23. The van der Waals surface area contributed by atoms with Gasteiger partial charge in [-0.05, 0) is 49.7 Å². The van der Waals surface area contributed by atoms with E-state index < -0.39 is 5.97 Å². The lowest BCUT2D eigenvalue weighted by molar-refractivity contribution is 0.0696. The summed E-state index contributed by atoms with van der Waals surface area (Å²) >= 11 is 5.90. The lowest BCUT2D eigenvalue weighted by atomic mass is 9.98. The number of carboxylic acid groups (broad SMARTS) is 1. The average molecular weight is 334 g/mol. The van der Waals surface area contributed by atoms with Crippen molar-refractivity contribution in [3.8, 4) is 11.7 Å². The highest BCUT2D eigenvalue weighted by Gasteiger charge is 2.41. The molecular formula is C16H16ClN3O3. The zero-order valence-electron chi connectivity index (χ0n) is 12.4. The third-order valence-corrected chi connectivity index (χ3v) is 5.10. The molecule has 2 heterocycles. The fourth-order valence-corrected chi connectivity index (χ4v) is 3.93. The topological polar surface area (TPSA) is 77.2 Å². The SMILES string of the molecule is O=C(O)c1ccc(-n2ccc(O[C@H]3C[C@@H]4CC[C@@H]3C4)n2)nc1Cl. The summed E-state index contributed by atoms with van der Waals surface area (Å²) in [7, 11) is 0. The van der Waals surface area contributed by atoms with Crippen LogP contribution in [0.2, 0.25) is 5.15 Å². The number of hydrogen-bond donors (Lipinski definition) is 1. The molecule has 0 unspecified atom stereocenters. The van der Waals surface area contributed by atoms with Gasteiger partial charge in [-0.1, -0.05) is 11.6 Å². The van der Waals surface area contributed by atoms with E-state index in [1.165, 1.54) is 25.3 Å². The summed E-state index contributed by atoms with van der Waals surface area (Å²) in [5, 5.41) is 13.3. The molecule has 0 radical (unpaired) electrons. The van der Waals surface area contributed by atoms with E-state index in [1.807, 2.05) is 0 Å². The van der Waals surface area contributed by atoms with Crippen molar-refractivity contribution in [3.05, 3.63) is 35.1 Å². The Morgan fingerprint density at radius 2 is 2.17 bits per heavy atom. The molecule has 2 aliphatic rings. The molecule has 0 amide bonds. The zero-order valence-corrected chi connectivity index (χ0v) is 13.1. The van der Waals surface area contributed by atoms with E-state index in [9.17, 15) is 4.79 Å². The van der Waals surface area contributed by atoms with Crippen molar-refractivity contribution in [2.45, 2.75) is 31.8 Å². The van der Waals surface area contributed by atoms with Gasteiger partial charge in [-0.3, -0.25) is 0 Å². The summed E-state index contributed by atoms with van der Waals surface area (Å²) < 4.78 is 7.56. The van der Waals surface area contributed by atoms with E-state index in [-0.39, 0.29) is 16.8 Å². The van der Waals surface area contributed by atoms with Crippen LogP contribution in [0.25, 0.3) is 5.82 Å². The first-order valence-electron chi connectivity index (χ1n) is 7.72. The maximum absolute atomic E-state index is 11.0. The van der Waals surface area contributed by atoms with Crippen LogP contribution in [0, 0.1) is 11.8 Å². The lowest BCUT2D eigenvalue weighted by Crippen LogP contribution is -2.23. The summed E-state index contributed by atoms with van der Waals surface area (Å²) in [4.78, 5) is 15.0. The molecule has 6 nitrogen and oxygen atoms in total. The normalized spacial score (nSPS) is 25.7. The molecule has 1 N–H and O–H groups in total. The molecule has 120 valence electrons. The first-order chi connectivity index (χ1) is 11.1. The van der Waals surface area contributed by atoms with Crippen molar-refractivity contribution < 1.29 is 14.6 Å². The Kier molecular flexibility index (Phi) is 3.49. The molecule has 0 aromatic carbocycles. The number of rotatable bonds is 4. The van der Waals surface area contributed by atoms with Gasteiger partial charge in [0.1, 0.15) is 11.3 Å². The number of fused-ring (bicyclic) bond motifs is 2. The van der Waals surface area contributed by atoms with Gasteiger partial charge in [0.05, 0.1) is 5.56 Å². The van der Waals surface area contributed by atoms with Gasteiger partial charge in [0.2, 0.25) is 5.88 Å². The molecule has 2 saturated carbocycles. The monoisotopic (exact) mass is 333 g/mol. The van der Waals surface area contributed by atoms with E-state index >= 15 is 0 Å². The Morgan fingerprint density at radius 3 is 2.83 bits per heavy atom. The van der Waals surface area contributed by atoms with Crippen LogP contribution in [0.5, 0.6) is 5.88 Å². The van der Waals surface area contributed by atoms with Gasteiger partial charge in [-0.2, -0.15) is 0 Å². The second-order valence-electron chi connectivity index (χ2n) is 6.24. The Balaban J connectivity index is 1.51. The number of aromatic carboxylic acids is 1. The van der Waals surface area contributed by atoms with Crippen LogP contribution < -0.4 is 4.74 Å². The van der Waals surface area contributed by atoms with E-state index in [2.05, 4.69) is 10.1 Å². The van der Waals surface area contributed by atoms with Crippen LogP contribution >= 0.6 is 11.6 Å². The largest absolute Gasteiger partial charge is 0.478 e. The number of pyridine rings is 1. The minimum absolute atomic E-state index is 0.0268. The van der Waals surface area contributed by atoms with Crippen molar-refractivity contribution in [1.29, 1.82) is 0 Å². The number of aromatic nitrogens is 3. The second-order valence-corrected chi connectivity index (χ2v) is 6.60. The number of halogens is 1. The van der Waals surface area contributed by atoms with Gasteiger partial charge >= 0.3 is 5.97 Å². The van der Waals surface area contributed by atoms with Crippen LogP contribution in [0.3, 0.4) is 0 Å². The molecule has 0 aliphatic heterocycles. The number of ether oxygens (including phenoxy) is 1. The van der Waals surface area contributed by atoms with Crippen molar-refractivity contribution in [3.63, 3.8) is 0 Å². The molecule has 2 aliphatic carbocycles. The Bertz CT molecular complexity index is 761. The quantitative estimate of drug-likeness (QED) is 0.869. The van der Waals surface area contributed by atoms with Crippen LogP contribution in [0.1, 0.15) is 36.0 Å². The van der Waals surface area contributed by atoms with Crippen molar-refractivity contribution >= 4 is 17.6 Å². The fourth-order valence-electron chi connectivity index (χ4n) is 3.70. The summed E-state index contributed by atoms with van der Waals surface area (Å²) in [6.45, 7) is 0. The molecular weight excluding hydrogens is 318 g/mol. The molecule has 0 saturated heterocycles. The number of carbonyl (C=O) groups is 1. The summed E-state index contributed by atoms with van der Waals surface area (Å²) in [6, 6.07) is 4.79. The van der Waals surface area contributed by atoms with E-state index in [1.54, 1.807) is 23.0 Å². The predicted molar refractivity (Wildman–Crippen MR) is 83.2 cm³/mol. The van der Waals surface area contributed by atoms with Crippen LogP contribution in [0.4, 0.5) is 0 Å². The smallest absolute Gasteiger partial charge is 0.338 e. The first kappa shape index (κ1) is 14.5. The third kappa shape index (κ3) is 2.67. The summed E-state index contributed by atoms with van der Waals surface area (Å²) in [5.41, 5.74) is -0.0268. The van der Waals surface area contributed by atoms with Gasteiger partial charge in [-0.15, -0.1) is 5.10 Å². The molecule has 7 heteroatoms. The summed E-state index contributed by atoms with van der Waals surface area (Å²) in [6.07, 6.45) is 6.99. The van der Waals surface area contributed by atoms with Gasteiger partial charge in [0.15, 0.2) is 5.82 Å². The van der Waals surface area contributed by atoms with Crippen molar-refractivity contribution in [2.75, 3.05) is 0 Å². The molecule has 3 atom stereocenters. The number of hydrogen-bond acceptors (Lipinski definition) is 4. The number of nitrogens with zero attached hydrogens (tertiary/aromatic N) is 3. The van der Waals surface area contributed by atoms with Crippen LogP contribution in [0.15, 0.2) is 24.4 Å². The molecule has 23 heavy (non-hydrogen) atoms. The Labute approximate surface area is 138 Å². The Morgan fingerprint density at radius 1 is 1.30 bits per heavy atom. The van der Waals surface area contributed by atoms with Gasteiger partial charge in [0, 0.05) is 12.3 Å². The second kappa shape index (κ2) is 5.53. The fraction of sp³-hybridized carbons (Fsp3) is 0.438. The van der Waals surface area contributed by atoms with E-state index in [0.29, 0.717) is 17.6 Å². The Hall–Kier alpha value is -2.08. The maximum Gasteiger partial charge on any atom is 0.338 e. The highest BCUT2D eigenvalue weighted by Crippen LogP contribution is 2.45. The highest BCUT2D eigenvalue weighted by molar-refractivity contribution is 6.32. The molecule has 2 bridgehead atoms. The summed E-state index contributed by atoms with van der Waals surface area (Å²) in [5.74, 6) is 1.41. The van der Waals surface area contributed by atoms with Gasteiger partial charge in [-0.25, -0.2) is 14.5 Å². The van der Waals surface area contributed by atoms with Gasteiger partial charge < -0.3 is 9.84 Å². The van der Waals surface area contributed by atoms with Gasteiger partial charge in [0.25, 0.3) is 0 Å². The van der Waals surface area contributed by atoms with Crippen molar-refractivity contribution in [2.24, 2.45) is 11.8 Å². The van der Waals surface area contributed by atoms with E-state index in [0.717, 1.165) is 12.3 Å². The lowest BCUT2D eigenvalue weighted by Gasteiger charge is -2.21. The molecule has 2 aromatic heterocycles. The van der Waals surface area contributed by atoms with Crippen LogP contribution in [-0.4, -0.2) is 31.9 Å². The predicted octanol–water partition coefficient (Wildman–Crippen LogP) is 3.19. The molecule has 2 aromatic rings. The zero-order chi connectivity index (χ0) is 16.0. The minimum Gasteiger partial charge on any atom is -0.478 e. The minimum atomic E-state index is -1.10. The van der Waals surface area contributed by atoms with E-state index in [4.69, 9.17) is 21.4 Å². The number of carboxylic acids is 1. The standard InChI is InChI=1S/C16H16ClN3O3/c17-15-11(16(21)22)3-4-13(18-15)20-6-5-14(19-20)23-12-8-9-1-2-10(12)7-9/h3-6,9-10,12H,1-2,7-8H2,(H,21,22)/t9-,10-,12+/m1/s1. The first-order valence-corrected chi connectivity index (χ1v) is 8.10. The maximum atomic E-state index is 11.0. The molecule has 0 spiro atoms. The van der Waals surface area contributed by atoms with Crippen LogP contribution in [-0.2, 0) is 0 Å². The molecule has 4 rings (SSSR count). The highest BCUT2D eigenvalue weighted by atomic mass is 35.5. The third-order valence-electron chi connectivity index (χ3n) is 4.81.